The number of rotatable bonds is 6. The largest absolute Gasteiger partial charge is 0.305 e. The van der Waals surface area contributed by atoms with Gasteiger partial charge in [-0.1, -0.05) is 42.5 Å². The smallest absolute Gasteiger partial charge is 0.123 e. The second kappa shape index (κ2) is 7.48. The molecular formula is C17H20FNOS. The van der Waals surface area contributed by atoms with Gasteiger partial charge in [0.15, 0.2) is 0 Å². The van der Waals surface area contributed by atoms with Gasteiger partial charge in [0, 0.05) is 28.9 Å². The second-order valence-corrected chi connectivity index (χ2v) is 6.91. The first kappa shape index (κ1) is 15.9. The molecule has 4 heteroatoms. The van der Waals surface area contributed by atoms with Gasteiger partial charge in [0.1, 0.15) is 5.82 Å². The zero-order chi connectivity index (χ0) is 15.2. The monoisotopic (exact) mass is 305 g/mol. The van der Waals surface area contributed by atoms with Gasteiger partial charge in [0.25, 0.3) is 0 Å². The minimum atomic E-state index is -0.866. The molecule has 0 bridgehead atoms. The van der Waals surface area contributed by atoms with Gasteiger partial charge in [0.2, 0.25) is 0 Å². The number of nitrogens with one attached hydrogen (secondary N) is 1. The summed E-state index contributed by atoms with van der Waals surface area (Å²) in [7, 11) is -0.866. The molecule has 2 aromatic carbocycles. The lowest BCUT2D eigenvalue weighted by molar-refractivity contribution is 0.590. The van der Waals surface area contributed by atoms with Gasteiger partial charge in [-0.15, -0.1) is 0 Å². The van der Waals surface area contributed by atoms with E-state index in [0.29, 0.717) is 6.54 Å². The molecule has 0 saturated carbocycles. The molecule has 3 atom stereocenters. The molecule has 21 heavy (non-hydrogen) atoms. The predicted octanol–water partition coefficient (Wildman–Crippen LogP) is 3.27. The molecule has 0 aliphatic heterocycles. The Morgan fingerprint density at radius 3 is 2.19 bits per heavy atom. The first-order valence-corrected chi connectivity index (χ1v) is 8.56. The van der Waals surface area contributed by atoms with Crippen molar-refractivity contribution in [1.29, 1.82) is 0 Å². The van der Waals surface area contributed by atoms with Crippen LogP contribution in [0.5, 0.6) is 0 Å². The summed E-state index contributed by atoms with van der Waals surface area (Å²) < 4.78 is 24.6. The molecule has 0 saturated heterocycles. The molecule has 2 aromatic rings. The molecule has 112 valence electrons. The van der Waals surface area contributed by atoms with Crippen molar-refractivity contribution in [2.24, 2.45) is 0 Å². The van der Waals surface area contributed by atoms with Crippen LogP contribution in [0.3, 0.4) is 0 Å². The summed E-state index contributed by atoms with van der Waals surface area (Å²) in [5.41, 5.74) is 2.11. The molecule has 3 unspecified atom stereocenters. The van der Waals surface area contributed by atoms with Gasteiger partial charge in [-0.2, -0.15) is 0 Å². The van der Waals surface area contributed by atoms with Gasteiger partial charge in [-0.3, -0.25) is 4.21 Å². The number of halogens is 1. The van der Waals surface area contributed by atoms with Gasteiger partial charge in [-0.25, -0.2) is 4.39 Å². The number of hydrogen-bond donors (Lipinski definition) is 1. The average molecular weight is 305 g/mol. The van der Waals surface area contributed by atoms with Crippen LogP contribution in [0.1, 0.15) is 24.1 Å². The van der Waals surface area contributed by atoms with E-state index >= 15 is 0 Å². The Kier molecular flexibility index (Phi) is 5.65. The Balaban J connectivity index is 2.22. The standard InChI is InChI=1S/C17H20FNOS/c1-13(21(2)20)12-19-17(14-6-4-3-5-7-14)15-8-10-16(18)11-9-15/h3-11,13,17,19H,12H2,1-2H3. The van der Waals surface area contributed by atoms with Crippen molar-refractivity contribution in [3.63, 3.8) is 0 Å². The normalized spacial score (nSPS) is 15.4. The van der Waals surface area contributed by atoms with Crippen LogP contribution < -0.4 is 5.32 Å². The fraction of sp³-hybridized carbons (Fsp3) is 0.294. The number of hydrogen-bond acceptors (Lipinski definition) is 2. The van der Waals surface area contributed by atoms with Gasteiger partial charge >= 0.3 is 0 Å². The third-order valence-electron chi connectivity index (χ3n) is 3.51. The van der Waals surface area contributed by atoms with Crippen molar-refractivity contribution in [2.45, 2.75) is 18.2 Å². The van der Waals surface area contributed by atoms with Crippen LogP contribution in [0.25, 0.3) is 0 Å². The lowest BCUT2D eigenvalue weighted by Gasteiger charge is -2.21. The van der Waals surface area contributed by atoms with Crippen molar-refractivity contribution in [1.82, 2.24) is 5.32 Å². The highest BCUT2D eigenvalue weighted by Gasteiger charge is 2.15. The van der Waals surface area contributed by atoms with Crippen molar-refractivity contribution >= 4 is 10.8 Å². The van der Waals surface area contributed by atoms with Crippen LogP contribution in [0.4, 0.5) is 4.39 Å². The molecule has 0 amide bonds. The maximum absolute atomic E-state index is 13.1. The highest BCUT2D eigenvalue weighted by Crippen LogP contribution is 2.22. The molecule has 0 heterocycles. The number of benzene rings is 2. The van der Waals surface area contributed by atoms with Gasteiger partial charge in [-0.05, 0) is 30.2 Å². The molecule has 0 aliphatic rings. The Labute approximate surface area is 127 Å². The molecule has 0 radical (unpaired) electrons. The SMILES string of the molecule is CC(CNC(c1ccccc1)c1ccc(F)cc1)S(C)=O. The highest BCUT2D eigenvalue weighted by atomic mass is 32.2. The summed E-state index contributed by atoms with van der Waals surface area (Å²) in [6.07, 6.45) is 1.71. The van der Waals surface area contributed by atoms with Crippen LogP contribution in [0.15, 0.2) is 54.6 Å². The van der Waals surface area contributed by atoms with Crippen molar-refractivity contribution in [2.75, 3.05) is 12.8 Å². The van der Waals surface area contributed by atoms with E-state index in [1.165, 1.54) is 12.1 Å². The molecule has 2 rings (SSSR count). The first-order valence-electron chi connectivity index (χ1n) is 6.94. The molecule has 0 fully saturated rings. The van der Waals surface area contributed by atoms with Crippen LogP contribution in [0.2, 0.25) is 0 Å². The van der Waals surface area contributed by atoms with E-state index in [-0.39, 0.29) is 17.1 Å². The summed E-state index contributed by atoms with van der Waals surface area (Å²) in [4.78, 5) is 0. The summed E-state index contributed by atoms with van der Waals surface area (Å²) in [6.45, 7) is 2.59. The van der Waals surface area contributed by atoms with Crippen LogP contribution >= 0.6 is 0 Å². The molecular weight excluding hydrogens is 285 g/mol. The van der Waals surface area contributed by atoms with Crippen LogP contribution in [0, 0.1) is 5.82 Å². The van der Waals surface area contributed by atoms with Gasteiger partial charge in [0.05, 0.1) is 6.04 Å². The van der Waals surface area contributed by atoms with Crippen molar-refractivity contribution in [3.05, 3.63) is 71.5 Å². The minimum absolute atomic E-state index is 0.0298. The Bertz CT molecular complexity index is 585. The zero-order valence-electron chi connectivity index (χ0n) is 12.3. The first-order chi connectivity index (χ1) is 10.1. The van der Waals surface area contributed by atoms with E-state index < -0.39 is 10.8 Å². The second-order valence-electron chi connectivity index (χ2n) is 5.11. The Morgan fingerprint density at radius 2 is 1.62 bits per heavy atom. The topological polar surface area (TPSA) is 29.1 Å². The molecule has 0 aromatic heterocycles. The molecule has 2 nitrogen and oxygen atoms in total. The summed E-state index contributed by atoms with van der Waals surface area (Å²) in [6, 6.07) is 16.5. The fourth-order valence-electron chi connectivity index (χ4n) is 2.13. The van der Waals surface area contributed by atoms with Crippen LogP contribution in [-0.2, 0) is 10.8 Å². The van der Waals surface area contributed by atoms with E-state index in [2.05, 4.69) is 5.32 Å². The molecule has 0 aliphatic carbocycles. The quantitative estimate of drug-likeness (QED) is 0.887. The average Bonchev–Trinajstić information content (AvgIpc) is 2.50. The Hall–Kier alpha value is -1.52. The van der Waals surface area contributed by atoms with Crippen LogP contribution in [-0.4, -0.2) is 22.3 Å². The third-order valence-corrected chi connectivity index (χ3v) is 4.81. The predicted molar refractivity (Wildman–Crippen MR) is 86.2 cm³/mol. The van der Waals surface area contributed by atoms with Crippen molar-refractivity contribution in [3.8, 4) is 0 Å². The van der Waals surface area contributed by atoms with E-state index in [1.54, 1.807) is 18.4 Å². The summed E-state index contributed by atoms with van der Waals surface area (Å²) in [5.74, 6) is -0.242. The third kappa shape index (κ3) is 4.48. The summed E-state index contributed by atoms with van der Waals surface area (Å²) in [5, 5.41) is 3.50. The van der Waals surface area contributed by atoms with E-state index in [4.69, 9.17) is 0 Å². The van der Waals surface area contributed by atoms with E-state index in [1.807, 2.05) is 37.3 Å². The molecule has 0 spiro atoms. The maximum Gasteiger partial charge on any atom is 0.123 e. The Morgan fingerprint density at radius 1 is 1.05 bits per heavy atom. The fourth-order valence-corrected chi connectivity index (χ4v) is 2.46. The summed E-state index contributed by atoms with van der Waals surface area (Å²) >= 11 is 0. The lowest BCUT2D eigenvalue weighted by atomic mass is 9.98. The zero-order valence-corrected chi connectivity index (χ0v) is 13.1. The van der Waals surface area contributed by atoms with Crippen molar-refractivity contribution < 1.29 is 8.60 Å². The lowest BCUT2D eigenvalue weighted by Crippen LogP contribution is -2.31. The molecule has 1 N–H and O–H groups in total. The maximum atomic E-state index is 13.1. The van der Waals surface area contributed by atoms with E-state index in [9.17, 15) is 8.60 Å². The highest BCUT2D eigenvalue weighted by molar-refractivity contribution is 7.84. The minimum Gasteiger partial charge on any atom is -0.305 e. The van der Waals surface area contributed by atoms with Gasteiger partial charge < -0.3 is 5.32 Å². The van der Waals surface area contributed by atoms with E-state index in [0.717, 1.165) is 11.1 Å².